The fraction of sp³-hybridized carbons (Fsp3) is 0.429. The monoisotopic (exact) mass is 252 g/mol. The maximum absolute atomic E-state index is 12.9. The molecule has 1 heterocycles. The highest BCUT2D eigenvalue weighted by Gasteiger charge is 2.15. The molecule has 0 atom stereocenters. The van der Waals surface area contributed by atoms with E-state index in [-0.39, 0.29) is 5.54 Å². The van der Waals surface area contributed by atoms with Crippen molar-refractivity contribution < 1.29 is 8.78 Å². The fourth-order valence-corrected chi connectivity index (χ4v) is 1.94. The Labute approximate surface area is 106 Å². The molecule has 0 aliphatic rings. The summed E-state index contributed by atoms with van der Waals surface area (Å²) in [6.45, 7) is 4.25. The minimum Gasteiger partial charge on any atom is -0.308 e. The Morgan fingerprint density at radius 2 is 1.89 bits per heavy atom. The first-order valence-electron chi connectivity index (χ1n) is 6.00. The van der Waals surface area contributed by atoms with Crippen LogP contribution in [0.1, 0.15) is 32.9 Å². The Bertz CT molecular complexity index is 538. The topological polar surface area (TPSA) is 17.0 Å². The van der Waals surface area contributed by atoms with Crippen LogP contribution in [0.2, 0.25) is 0 Å². The molecule has 0 bridgehead atoms. The van der Waals surface area contributed by atoms with Gasteiger partial charge >= 0.3 is 6.55 Å². The molecule has 0 unspecified atom stereocenters. The average molecular weight is 252 g/mol. The van der Waals surface area contributed by atoms with Gasteiger partial charge in [0.1, 0.15) is 0 Å². The van der Waals surface area contributed by atoms with E-state index >= 15 is 0 Å². The Hall–Kier alpha value is -1.42. The van der Waals surface area contributed by atoms with Gasteiger partial charge in [0.05, 0.1) is 5.52 Å². The first kappa shape index (κ1) is 13.0. The molecule has 0 amide bonds. The highest BCUT2D eigenvalue weighted by Crippen LogP contribution is 2.26. The Morgan fingerprint density at radius 3 is 2.50 bits per heavy atom. The molecule has 0 aliphatic carbocycles. The fourth-order valence-electron chi connectivity index (χ4n) is 1.94. The molecule has 18 heavy (non-hydrogen) atoms. The molecule has 98 valence electrons. The van der Waals surface area contributed by atoms with Crippen molar-refractivity contribution in [1.82, 2.24) is 9.88 Å². The van der Waals surface area contributed by atoms with Gasteiger partial charge in [-0.3, -0.25) is 4.57 Å². The quantitative estimate of drug-likeness (QED) is 0.876. The third kappa shape index (κ3) is 2.70. The Morgan fingerprint density at radius 1 is 1.22 bits per heavy atom. The number of hydrogen-bond donors (Lipinski definition) is 1. The Balaban J connectivity index is 2.39. The van der Waals surface area contributed by atoms with Crippen molar-refractivity contribution in [2.24, 2.45) is 0 Å². The molecular formula is C14H18F2N2. The molecule has 0 radical (unpaired) electrons. The van der Waals surface area contributed by atoms with Crippen LogP contribution in [-0.2, 0) is 6.54 Å². The van der Waals surface area contributed by atoms with E-state index in [1.54, 1.807) is 12.1 Å². The maximum atomic E-state index is 12.9. The highest BCUT2D eigenvalue weighted by atomic mass is 19.3. The van der Waals surface area contributed by atoms with Crippen molar-refractivity contribution in [3.05, 3.63) is 36.0 Å². The molecule has 0 saturated carbocycles. The summed E-state index contributed by atoms with van der Waals surface area (Å²) in [6.07, 6.45) is 1.54. The third-order valence-corrected chi connectivity index (χ3v) is 2.84. The lowest BCUT2D eigenvalue weighted by atomic mass is 10.1. The van der Waals surface area contributed by atoms with Gasteiger partial charge in [-0.15, -0.1) is 0 Å². The van der Waals surface area contributed by atoms with Gasteiger partial charge < -0.3 is 5.32 Å². The molecule has 1 aromatic carbocycles. The number of nitrogens with one attached hydrogen (secondary N) is 1. The van der Waals surface area contributed by atoms with Crippen LogP contribution in [-0.4, -0.2) is 10.1 Å². The van der Waals surface area contributed by atoms with E-state index < -0.39 is 6.55 Å². The predicted molar refractivity (Wildman–Crippen MR) is 69.8 cm³/mol. The molecule has 2 aromatic rings. The van der Waals surface area contributed by atoms with Crippen LogP contribution in [0.5, 0.6) is 0 Å². The van der Waals surface area contributed by atoms with Crippen LogP contribution >= 0.6 is 0 Å². The number of fused-ring (bicyclic) bond motifs is 1. The normalized spacial score (nSPS) is 12.6. The van der Waals surface area contributed by atoms with Gasteiger partial charge in [0.25, 0.3) is 0 Å². The summed E-state index contributed by atoms with van der Waals surface area (Å²) < 4.78 is 26.9. The number of nitrogens with zero attached hydrogens (tertiary/aromatic N) is 1. The van der Waals surface area contributed by atoms with Crippen molar-refractivity contribution in [1.29, 1.82) is 0 Å². The summed E-state index contributed by atoms with van der Waals surface area (Å²) in [4.78, 5) is 0. The van der Waals surface area contributed by atoms with Gasteiger partial charge in [0.15, 0.2) is 0 Å². The van der Waals surface area contributed by atoms with Crippen LogP contribution in [0.15, 0.2) is 30.5 Å². The van der Waals surface area contributed by atoms with Crippen molar-refractivity contribution in [3.8, 4) is 0 Å². The van der Waals surface area contributed by atoms with Crippen molar-refractivity contribution >= 4 is 10.9 Å². The lowest BCUT2D eigenvalue weighted by molar-refractivity contribution is 0.0750. The van der Waals surface area contributed by atoms with Crippen LogP contribution in [0, 0.1) is 0 Å². The van der Waals surface area contributed by atoms with Crippen LogP contribution in [0.25, 0.3) is 10.9 Å². The molecule has 0 fully saturated rings. The summed E-state index contributed by atoms with van der Waals surface area (Å²) in [5.74, 6) is 0. The lowest BCUT2D eigenvalue weighted by Crippen LogP contribution is -2.34. The molecule has 0 saturated heterocycles. The SMILES string of the molecule is CC(C)(C)NCc1cn(C(F)F)c2ccccc12. The van der Waals surface area contributed by atoms with E-state index in [9.17, 15) is 8.78 Å². The molecule has 2 nitrogen and oxygen atoms in total. The number of para-hydroxylation sites is 1. The summed E-state index contributed by atoms with van der Waals surface area (Å²) >= 11 is 0. The molecule has 0 aliphatic heterocycles. The van der Waals surface area contributed by atoms with Crippen LogP contribution in [0.4, 0.5) is 8.78 Å². The molecular weight excluding hydrogens is 234 g/mol. The Kier molecular flexibility index (Phi) is 3.39. The maximum Gasteiger partial charge on any atom is 0.319 e. The number of hydrogen-bond acceptors (Lipinski definition) is 1. The van der Waals surface area contributed by atoms with Crippen molar-refractivity contribution in [3.63, 3.8) is 0 Å². The van der Waals surface area contributed by atoms with Gasteiger partial charge in [-0.1, -0.05) is 18.2 Å². The predicted octanol–water partition coefficient (Wildman–Crippen LogP) is 3.92. The van der Waals surface area contributed by atoms with Gasteiger partial charge in [0, 0.05) is 23.7 Å². The van der Waals surface area contributed by atoms with E-state index in [1.807, 2.05) is 12.1 Å². The second-order valence-electron chi connectivity index (χ2n) is 5.46. The zero-order chi connectivity index (χ0) is 13.3. The van der Waals surface area contributed by atoms with E-state index in [1.165, 1.54) is 6.20 Å². The summed E-state index contributed by atoms with van der Waals surface area (Å²) in [5, 5.41) is 4.21. The minimum atomic E-state index is -2.50. The van der Waals surface area contributed by atoms with Gasteiger partial charge in [0.2, 0.25) is 0 Å². The van der Waals surface area contributed by atoms with E-state index in [4.69, 9.17) is 0 Å². The number of rotatable bonds is 3. The van der Waals surface area contributed by atoms with Crippen molar-refractivity contribution in [2.45, 2.75) is 39.4 Å². The number of aromatic nitrogens is 1. The summed E-state index contributed by atoms with van der Waals surface area (Å²) in [7, 11) is 0. The molecule has 1 N–H and O–H groups in total. The van der Waals surface area contributed by atoms with Gasteiger partial charge in [-0.25, -0.2) is 0 Å². The summed E-state index contributed by atoms with van der Waals surface area (Å²) in [6, 6.07) is 7.26. The second-order valence-corrected chi connectivity index (χ2v) is 5.46. The molecule has 1 aromatic heterocycles. The largest absolute Gasteiger partial charge is 0.319 e. The minimum absolute atomic E-state index is 0.0337. The van der Waals surface area contributed by atoms with E-state index in [0.29, 0.717) is 12.1 Å². The third-order valence-electron chi connectivity index (χ3n) is 2.84. The molecule has 4 heteroatoms. The van der Waals surface area contributed by atoms with Crippen LogP contribution < -0.4 is 5.32 Å². The standard InChI is InChI=1S/C14H18F2N2/c1-14(2,3)17-8-10-9-18(13(15)16)12-7-5-4-6-11(10)12/h4-7,9,13,17H,8H2,1-3H3. The first-order valence-corrected chi connectivity index (χ1v) is 6.00. The van der Waals surface area contributed by atoms with E-state index in [2.05, 4.69) is 26.1 Å². The van der Waals surface area contributed by atoms with Gasteiger partial charge in [-0.2, -0.15) is 8.78 Å². The van der Waals surface area contributed by atoms with Crippen molar-refractivity contribution in [2.75, 3.05) is 0 Å². The average Bonchev–Trinajstić information content (AvgIpc) is 2.64. The second kappa shape index (κ2) is 4.69. The number of benzene rings is 1. The van der Waals surface area contributed by atoms with E-state index in [0.717, 1.165) is 15.5 Å². The van der Waals surface area contributed by atoms with Gasteiger partial charge in [-0.05, 0) is 32.4 Å². The zero-order valence-electron chi connectivity index (χ0n) is 10.9. The molecule has 0 spiro atoms. The van der Waals surface area contributed by atoms with Crippen LogP contribution in [0.3, 0.4) is 0 Å². The first-order chi connectivity index (χ1) is 8.38. The summed E-state index contributed by atoms with van der Waals surface area (Å²) in [5.41, 5.74) is 1.45. The smallest absolute Gasteiger partial charge is 0.308 e. The highest BCUT2D eigenvalue weighted by molar-refractivity contribution is 5.84. The number of halogens is 2. The zero-order valence-corrected chi connectivity index (χ0v) is 10.9. The lowest BCUT2D eigenvalue weighted by Gasteiger charge is -2.20. The molecule has 2 rings (SSSR count). The number of alkyl halides is 2.